The molecule has 0 amide bonds. The van der Waals surface area contributed by atoms with E-state index in [1.807, 2.05) is 0 Å². The molecule has 1 N–H and O–H groups in total. The standard InChI is InChI=1S/C16H25NO/c1-10-6-9-15(16(18-5)11(10)2)12(3)13(4)17-14-7-8-14/h6,9,12-14,17H,7-8H2,1-5H3. The quantitative estimate of drug-likeness (QED) is 0.859. The van der Waals surface area contributed by atoms with Crippen molar-refractivity contribution >= 4 is 0 Å². The monoisotopic (exact) mass is 247 g/mol. The van der Waals surface area contributed by atoms with Crippen LogP contribution < -0.4 is 10.1 Å². The van der Waals surface area contributed by atoms with Gasteiger partial charge in [0, 0.05) is 12.1 Å². The minimum absolute atomic E-state index is 0.472. The number of hydrogen-bond acceptors (Lipinski definition) is 2. The molecule has 1 saturated carbocycles. The van der Waals surface area contributed by atoms with Gasteiger partial charge in [0.05, 0.1) is 7.11 Å². The summed E-state index contributed by atoms with van der Waals surface area (Å²) in [6.45, 7) is 8.84. The molecule has 100 valence electrons. The second kappa shape index (κ2) is 5.31. The Kier molecular flexibility index (Phi) is 3.96. The Hall–Kier alpha value is -1.02. The van der Waals surface area contributed by atoms with Gasteiger partial charge in [0.15, 0.2) is 0 Å². The van der Waals surface area contributed by atoms with Crippen LogP contribution in [0.1, 0.15) is 49.3 Å². The highest BCUT2D eigenvalue weighted by atomic mass is 16.5. The third-order valence-corrected chi connectivity index (χ3v) is 4.23. The maximum Gasteiger partial charge on any atom is 0.125 e. The molecule has 2 unspecified atom stereocenters. The van der Waals surface area contributed by atoms with E-state index < -0.39 is 0 Å². The molecule has 1 aromatic rings. The number of rotatable bonds is 5. The first-order valence-corrected chi connectivity index (χ1v) is 6.94. The molecule has 1 aliphatic rings. The van der Waals surface area contributed by atoms with Crippen LogP contribution in [0.15, 0.2) is 12.1 Å². The molecule has 2 atom stereocenters. The number of benzene rings is 1. The van der Waals surface area contributed by atoms with E-state index in [1.165, 1.54) is 29.5 Å². The average molecular weight is 247 g/mol. The van der Waals surface area contributed by atoms with Crippen molar-refractivity contribution in [3.05, 3.63) is 28.8 Å². The highest BCUT2D eigenvalue weighted by Crippen LogP contribution is 2.34. The minimum Gasteiger partial charge on any atom is -0.496 e. The molecule has 0 spiro atoms. The van der Waals surface area contributed by atoms with E-state index in [0.29, 0.717) is 12.0 Å². The van der Waals surface area contributed by atoms with Gasteiger partial charge >= 0.3 is 0 Å². The lowest BCUT2D eigenvalue weighted by atomic mass is 9.90. The van der Waals surface area contributed by atoms with Crippen molar-refractivity contribution < 1.29 is 4.74 Å². The number of methoxy groups -OCH3 is 1. The highest BCUT2D eigenvalue weighted by Gasteiger charge is 2.27. The summed E-state index contributed by atoms with van der Waals surface area (Å²) in [7, 11) is 1.77. The fourth-order valence-corrected chi connectivity index (χ4v) is 2.48. The molecule has 2 heteroatoms. The lowest BCUT2D eigenvalue weighted by Gasteiger charge is -2.25. The zero-order valence-corrected chi connectivity index (χ0v) is 12.2. The summed E-state index contributed by atoms with van der Waals surface area (Å²) in [5.74, 6) is 1.53. The SMILES string of the molecule is COc1c(C(C)C(C)NC2CC2)ccc(C)c1C. The molecule has 1 aliphatic carbocycles. The van der Waals surface area contributed by atoms with E-state index in [1.54, 1.807) is 7.11 Å². The first-order valence-electron chi connectivity index (χ1n) is 6.94. The van der Waals surface area contributed by atoms with Crippen molar-refractivity contribution in [1.82, 2.24) is 5.32 Å². The average Bonchev–Trinajstić information content (AvgIpc) is 3.15. The van der Waals surface area contributed by atoms with Crippen LogP contribution in [0.3, 0.4) is 0 Å². The van der Waals surface area contributed by atoms with E-state index in [4.69, 9.17) is 4.74 Å². The molecule has 0 aromatic heterocycles. The van der Waals surface area contributed by atoms with Crippen LogP contribution in [0.4, 0.5) is 0 Å². The number of hydrogen-bond donors (Lipinski definition) is 1. The largest absolute Gasteiger partial charge is 0.496 e. The Labute approximate surface area is 111 Å². The van der Waals surface area contributed by atoms with Crippen molar-refractivity contribution in [3.8, 4) is 5.75 Å². The van der Waals surface area contributed by atoms with Crippen molar-refractivity contribution in [2.75, 3.05) is 7.11 Å². The van der Waals surface area contributed by atoms with Crippen LogP contribution in [0.5, 0.6) is 5.75 Å². The predicted molar refractivity (Wildman–Crippen MR) is 76.5 cm³/mol. The Bertz CT molecular complexity index is 423. The number of aryl methyl sites for hydroxylation is 1. The molecule has 2 nitrogen and oxygen atoms in total. The smallest absolute Gasteiger partial charge is 0.125 e. The molecule has 0 heterocycles. The van der Waals surface area contributed by atoms with Crippen molar-refractivity contribution in [1.29, 1.82) is 0 Å². The fraction of sp³-hybridized carbons (Fsp3) is 0.625. The lowest BCUT2D eigenvalue weighted by molar-refractivity contribution is 0.393. The van der Waals surface area contributed by atoms with Crippen molar-refractivity contribution in [3.63, 3.8) is 0 Å². The first kappa shape index (κ1) is 13.4. The zero-order chi connectivity index (χ0) is 13.3. The summed E-state index contributed by atoms with van der Waals surface area (Å²) >= 11 is 0. The van der Waals surface area contributed by atoms with E-state index in [9.17, 15) is 0 Å². The van der Waals surface area contributed by atoms with Gasteiger partial charge in [-0.05, 0) is 56.2 Å². The number of nitrogens with one attached hydrogen (secondary N) is 1. The van der Waals surface area contributed by atoms with Gasteiger partial charge in [-0.1, -0.05) is 19.1 Å². The Morgan fingerprint density at radius 2 is 1.89 bits per heavy atom. The number of ether oxygens (including phenoxy) is 1. The van der Waals surface area contributed by atoms with Gasteiger partial charge in [-0.3, -0.25) is 0 Å². The van der Waals surface area contributed by atoms with Gasteiger partial charge in [-0.25, -0.2) is 0 Å². The van der Waals surface area contributed by atoms with E-state index in [-0.39, 0.29) is 0 Å². The summed E-state index contributed by atoms with van der Waals surface area (Å²) < 4.78 is 5.62. The topological polar surface area (TPSA) is 21.3 Å². The molecule has 2 rings (SSSR count). The van der Waals surface area contributed by atoms with E-state index in [0.717, 1.165) is 11.8 Å². The molecule has 0 radical (unpaired) electrons. The van der Waals surface area contributed by atoms with Crippen LogP contribution in [-0.2, 0) is 0 Å². The third-order valence-electron chi connectivity index (χ3n) is 4.23. The molecular weight excluding hydrogens is 222 g/mol. The van der Waals surface area contributed by atoms with Crippen LogP contribution in [0.25, 0.3) is 0 Å². The molecule has 0 saturated heterocycles. The summed E-state index contributed by atoms with van der Waals surface area (Å²) in [5.41, 5.74) is 3.88. The maximum absolute atomic E-state index is 5.62. The second-order valence-corrected chi connectivity index (χ2v) is 5.65. The summed E-state index contributed by atoms with van der Waals surface area (Å²) in [6, 6.07) is 5.67. The minimum atomic E-state index is 0.472. The normalized spacial score (nSPS) is 18.5. The van der Waals surface area contributed by atoms with Crippen molar-refractivity contribution in [2.24, 2.45) is 0 Å². The van der Waals surface area contributed by atoms with Gasteiger partial charge in [0.25, 0.3) is 0 Å². The van der Waals surface area contributed by atoms with Gasteiger partial charge in [0.2, 0.25) is 0 Å². The Morgan fingerprint density at radius 3 is 2.44 bits per heavy atom. The van der Waals surface area contributed by atoms with Gasteiger partial charge in [-0.15, -0.1) is 0 Å². The summed E-state index contributed by atoms with van der Waals surface area (Å²) in [6.07, 6.45) is 2.67. The molecule has 0 bridgehead atoms. The maximum atomic E-state index is 5.62. The van der Waals surface area contributed by atoms with E-state index in [2.05, 4.69) is 45.1 Å². The second-order valence-electron chi connectivity index (χ2n) is 5.65. The molecule has 1 fully saturated rings. The zero-order valence-electron chi connectivity index (χ0n) is 12.2. The summed E-state index contributed by atoms with van der Waals surface area (Å²) in [5, 5.41) is 3.68. The van der Waals surface area contributed by atoms with Crippen LogP contribution in [0.2, 0.25) is 0 Å². The van der Waals surface area contributed by atoms with Crippen LogP contribution in [-0.4, -0.2) is 19.2 Å². The van der Waals surface area contributed by atoms with Gasteiger partial charge in [-0.2, -0.15) is 0 Å². The summed E-state index contributed by atoms with van der Waals surface area (Å²) in [4.78, 5) is 0. The van der Waals surface area contributed by atoms with Gasteiger partial charge < -0.3 is 10.1 Å². The molecule has 1 aromatic carbocycles. The lowest BCUT2D eigenvalue weighted by Crippen LogP contribution is -2.32. The first-order chi connectivity index (χ1) is 8.54. The third kappa shape index (κ3) is 2.69. The Balaban J connectivity index is 2.22. The van der Waals surface area contributed by atoms with Gasteiger partial charge in [0.1, 0.15) is 5.75 Å². The molecule has 0 aliphatic heterocycles. The van der Waals surface area contributed by atoms with Crippen LogP contribution >= 0.6 is 0 Å². The molecular formula is C16H25NO. The highest BCUT2D eigenvalue weighted by molar-refractivity contribution is 5.47. The van der Waals surface area contributed by atoms with Crippen LogP contribution in [0, 0.1) is 13.8 Å². The van der Waals surface area contributed by atoms with E-state index >= 15 is 0 Å². The predicted octanol–water partition coefficient (Wildman–Crippen LogP) is 3.56. The fourth-order valence-electron chi connectivity index (χ4n) is 2.48. The molecule has 18 heavy (non-hydrogen) atoms. The Morgan fingerprint density at radius 1 is 1.22 bits per heavy atom. The van der Waals surface area contributed by atoms with Crippen molar-refractivity contribution in [2.45, 2.75) is 58.5 Å².